The maximum atomic E-state index is 12.5. The molecule has 0 spiro atoms. The van der Waals surface area contributed by atoms with Crippen LogP contribution in [0.2, 0.25) is 0 Å². The summed E-state index contributed by atoms with van der Waals surface area (Å²) >= 11 is 0. The highest BCUT2D eigenvalue weighted by atomic mass is 16.5. The van der Waals surface area contributed by atoms with Crippen LogP contribution >= 0.6 is 0 Å². The lowest BCUT2D eigenvalue weighted by Gasteiger charge is -2.22. The van der Waals surface area contributed by atoms with Gasteiger partial charge in [0.2, 0.25) is 0 Å². The van der Waals surface area contributed by atoms with Gasteiger partial charge < -0.3 is 15.4 Å². The van der Waals surface area contributed by atoms with Crippen molar-refractivity contribution in [1.82, 2.24) is 10.6 Å². The van der Waals surface area contributed by atoms with E-state index in [1.807, 2.05) is 12.1 Å². The first-order chi connectivity index (χ1) is 9.76. The average molecular weight is 276 g/mol. The van der Waals surface area contributed by atoms with Crippen molar-refractivity contribution in [3.8, 4) is 0 Å². The van der Waals surface area contributed by atoms with Crippen molar-refractivity contribution >= 4 is 5.91 Å². The van der Waals surface area contributed by atoms with E-state index in [-0.39, 0.29) is 11.9 Å². The third kappa shape index (κ3) is 3.58. The van der Waals surface area contributed by atoms with Gasteiger partial charge in [-0.1, -0.05) is 25.5 Å². The van der Waals surface area contributed by atoms with E-state index in [0.29, 0.717) is 6.61 Å². The molecule has 1 aromatic rings. The molecule has 0 bridgehead atoms. The molecule has 1 aliphatic heterocycles. The standard InChI is InChI=1S/C16H24N2O2/c1-3-5-13(11-20-2)18-16(19)15-7-4-6-12-10-17-9-8-14(12)15/h4,6-7,13,17H,3,5,8-11H2,1-2H3,(H,18,19). The molecule has 1 aromatic carbocycles. The summed E-state index contributed by atoms with van der Waals surface area (Å²) in [6.07, 6.45) is 2.89. The minimum Gasteiger partial charge on any atom is -0.383 e. The molecular formula is C16H24N2O2. The molecule has 0 aromatic heterocycles. The zero-order valence-electron chi connectivity index (χ0n) is 12.4. The van der Waals surface area contributed by atoms with E-state index in [9.17, 15) is 4.79 Å². The Morgan fingerprint density at radius 2 is 2.35 bits per heavy atom. The van der Waals surface area contributed by atoms with Gasteiger partial charge in [-0.15, -0.1) is 0 Å². The number of fused-ring (bicyclic) bond motifs is 1. The first kappa shape index (κ1) is 15.0. The number of methoxy groups -OCH3 is 1. The molecule has 0 radical (unpaired) electrons. The third-order valence-electron chi connectivity index (χ3n) is 3.73. The maximum Gasteiger partial charge on any atom is 0.251 e. The fourth-order valence-corrected chi connectivity index (χ4v) is 2.75. The lowest BCUT2D eigenvalue weighted by Crippen LogP contribution is -2.39. The fourth-order valence-electron chi connectivity index (χ4n) is 2.75. The second-order valence-electron chi connectivity index (χ2n) is 5.28. The SMILES string of the molecule is CCCC(COC)NC(=O)c1cccc2c1CCNC2. The zero-order valence-corrected chi connectivity index (χ0v) is 12.4. The summed E-state index contributed by atoms with van der Waals surface area (Å²) in [5, 5.41) is 6.44. The van der Waals surface area contributed by atoms with E-state index in [2.05, 4.69) is 23.6 Å². The summed E-state index contributed by atoms with van der Waals surface area (Å²) in [5.74, 6) is 0.0271. The predicted octanol–water partition coefficient (Wildman–Crippen LogP) is 1.88. The highest BCUT2D eigenvalue weighted by molar-refractivity contribution is 5.96. The number of carbonyl (C=O) groups is 1. The van der Waals surface area contributed by atoms with Crippen molar-refractivity contribution in [3.05, 3.63) is 34.9 Å². The summed E-state index contributed by atoms with van der Waals surface area (Å²) in [6, 6.07) is 6.08. The van der Waals surface area contributed by atoms with E-state index < -0.39 is 0 Å². The van der Waals surface area contributed by atoms with Crippen LogP contribution in [0.5, 0.6) is 0 Å². The summed E-state index contributed by atoms with van der Waals surface area (Å²) in [7, 11) is 1.67. The number of carbonyl (C=O) groups excluding carboxylic acids is 1. The molecule has 20 heavy (non-hydrogen) atoms. The average Bonchev–Trinajstić information content (AvgIpc) is 2.47. The Morgan fingerprint density at radius 1 is 1.50 bits per heavy atom. The minimum atomic E-state index is 0.0271. The molecule has 0 aliphatic carbocycles. The molecule has 1 amide bonds. The van der Waals surface area contributed by atoms with Crippen LogP contribution < -0.4 is 10.6 Å². The van der Waals surface area contributed by atoms with Gasteiger partial charge in [0.25, 0.3) is 5.91 Å². The monoisotopic (exact) mass is 276 g/mol. The van der Waals surface area contributed by atoms with E-state index in [0.717, 1.165) is 37.9 Å². The Kier molecular flexibility index (Phi) is 5.56. The van der Waals surface area contributed by atoms with E-state index in [4.69, 9.17) is 4.74 Å². The normalized spacial score (nSPS) is 15.5. The molecule has 1 atom stereocenters. The Hall–Kier alpha value is -1.39. The fraction of sp³-hybridized carbons (Fsp3) is 0.562. The van der Waals surface area contributed by atoms with Crippen molar-refractivity contribution in [2.45, 2.75) is 38.8 Å². The Morgan fingerprint density at radius 3 is 3.10 bits per heavy atom. The largest absolute Gasteiger partial charge is 0.383 e. The molecule has 1 unspecified atom stereocenters. The molecular weight excluding hydrogens is 252 g/mol. The lowest BCUT2D eigenvalue weighted by atomic mass is 9.95. The Bertz CT molecular complexity index is 454. The van der Waals surface area contributed by atoms with E-state index in [1.54, 1.807) is 7.11 Å². The van der Waals surface area contributed by atoms with Crippen molar-refractivity contribution in [2.75, 3.05) is 20.3 Å². The molecule has 0 fully saturated rings. The molecule has 4 nitrogen and oxygen atoms in total. The van der Waals surface area contributed by atoms with Crippen LogP contribution in [-0.2, 0) is 17.7 Å². The lowest BCUT2D eigenvalue weighted by molar-refractivity contribution is 0.0890. The third-order valence-corrected chi connectivity index (χ3v) is 3.73. The van der Waals surface area contributed by atoms with Gasteiger partial charge >= 0.3 is 0 Å². The van der Waals surface area contributed by atoms with Gasteiger partial charge in [0, 0.05) is 19.2 Å². The minimum absolute atomic E-state index is 0.0271. The summed E-state index contributed by atoms with van der Waals surface area (Å²) < 4.78 is 5.18. The summed E-state index contributed by atoms with van der Waals surface area (Å²) in [6.45, 7) is 4.47. The van der Waals surface area contributed by atoms with Crippen LogP contribution in [0.3, 0.4) is 0 Å². The summed E-state index contributed by atoms with van der Waals surface area (Å²) in [4.78, 5) is 12.5. The topological polar surface area (TPSA) is 50.4 Å². The highest BCUT2D eigenvalue weighted by Crippen LogP contribution is 2.19. The quantitative estimate of drug-likeness (QED) is 0.834. The van der Waals surface area contributed by atoms with Gasteiger partial charge in [0.05, 0.1) is 12.6 Å². The van der Waals surface area contributed by atoms with Crippen molar-refractivity contribution < 1.29 is 9.53 Å². The number of hydrogen-bond donors (Lipinski definition) is 2. The van der Waals surface area contributed by atoms with Crippen LogP contribution in [0.15, 0.2) is 18.2 Å². The molecule has 0 saturated carbocycles. The van der Waals surface area contributed by atoms with E-state index in [1.165, 1.54) is 11.1 Å². The van der Waals surface area contributed by atoms with Gasteiger partial charge in [-0.2, -0.15) is 0 Å². The van der Waals surface area contributed by atoms with Crippen LogP contribution in [-0.4, -0.2) is 32.2 Å². The molecule has 2 N–H and O–H groups in total. The number of rotatable bonds is 6. The molecule has 110 valence electrons. The molecule has 0 saturated heterocycles. The zero-order chi connectivity index (χ0) is 14.4. The number of benzene rings is 1. The smallest absolute Gasteiger partial charge is 0.251 e. The van der Waals surface area contributed by atoms with Gasteiger partial charge in [0.1, 0.15) is 0 Å². The Labute approximate surface area is 120 Å². The maximum absolute atomic E-state index is 12.5. The Balaban J connectivity index is 2.12. The summed E-state index contributed by atoms with van der Waals surface area (Å²) in [5.41, 5.74) is 3.25. The molecule has 2 rings (SSSR count). The first-order valence-electron chi connectivity index (χ1n) is 7.37. The van der Waals surface area contributed by atoms with E-state index >= 15 is 0 Å². The van der Waals surface area contributed by atoms with Gasteiger partial charge in [-0.3, -0.25) is 4.79 Å². The highest BCUT2D eigenvalue weighted by Gasteiger charge is 2.19. The second kappa shape index (κ2) is 7.41. The van der Waals surface area contributed by atoms with Gasteiger partial charge in [-0.25, -0.2) is 0 Å². The molecule has 1 heterocycles. The van der Waals surface area contributed by atoms with Crippen molar-refractivity contribution in [3.63, 3.8) is 0 Å². The van der Waals surface area contributed by atoms with Gasteiger partial charge in [-0.05, 0) is 36.6 Å². The van der Waals surface area contributed by atoms with Crippen molar-refractivity contribution in [1.29, 1.82) is 0 Å². The van der Waals surface area contributed by atoms with Crippen molar-refractivity contribution in [2.24, 2.45) is 0 Å². The van der Waals surface area contributed by atoms with Gasteiger partial charge in [0.15, 0.2) is 0 Å². The molecule has 1 aliphatic rings. The van der Waals surface area contributed by atoms with Crippen LogP contribution in [0.4, 0.5) is 0 Å². The number of ether oxygens (including phenoxy) is 1. The second-order valence-corrected chi connectivity index (χ2v) is 5.28. The van der Waals surface area contributed by atoms with Crippen LogP contribution in [0, 0.1) is 0 Å². The number of hydrogen-bond acceptors (Lipinski definition) is 3. The number of amides is 1. The molecule has 4 heteroatoms. The van der Waals surface area contributed by atoms with Crippen LogP contribution in [0.1, 0.15) is 41.3 Å². The van der Waals surface area contributed by atoms with Crippen LogP contribution in [0.25, 0.3) is 0 Å². The number of nitrogens with one attached hydrogen (secondary N) is 2. The first-order valence-corrected chi connectivity index (χ1v) is 7.37. The predicted molar refractivity (Wildman–Crippen MR) is 79.9 cm³/mol.